The normalized spacial score (nSPS) is 11.2. The van der Waals surface area contributed by atoms with Gasteiger partial charge in [-0.15, -0.1) is 10.2 Å². The number of methoxy groups -OCH3 is 1. The first-order chi connectivity index (χ1) is 15.6. The van der Waals surface area contributed by atoms with Gasteiger partial charge in [-0.25, -0.2) is 9.18 Å². The molecule has 0 atom stereocenters. The van der Waals surface area contributed by atoms with Gasteiger partial charge in [0, 0.05) is 11.1 Å². The smallest absolute Gasteiger partial charge is 0.354 e. The Labute approximate surface area is 185 Å². The first-order valence-electron chi connectivity index (χ1n) is 9.87. The standard InChI is InChI=1S/C26H21FN2O3/c1-32-26(31)24(18-23(30)17-14-19-12-15-22(27)16-13-19)28-29-25(20-8-4-2-5-9-20)21-10-6-3-7-11-21/h2-17H,18H2,1H3. The Bertz CT molecular complexity index is 1110. The van der Waals surface area contributed by atoms with Crippen molar-refractivity contribution in [3.8, 4) is 0 Å². The zero-order valence-corrected chi connectivity index (χ0v) is 17.4. The molecule has 32 heavy (non-hydrogen) atoms. The van der Waals surface area contributed by atoms with Crippen LogP contribution in [0.1, 0.15) is 23.1 Å². The quantitative estimate of drug-likeness (QED) is 0.223. The highest BCUT2D eigenvalue weighted by atomic mass is 19.1. The van der Waals surface area contributed by atoms with E-state index < -0.39 is 5.97 Å². The van der Waals surface area contributed by atoms with E-state index in [-0.39, 0.29) is 23.7 Å². The van der Waals surface area contributed by atoms with Gasteiger partial charge in [-0.3, -0.25) is 4.79 Å². The van der Waals surface area contributed by atoms with Gasteiger partial charge >= 0.3 is 5.97 Å². The number of ketones is 1. The molecule has 0 heterocycles. The molecule has 0 N–H and O–H groups in total. The summed E-state index contributed by atoms with van der Waals surface area (Å²) in [6, 6.07) is 24.5. The highest BCUT2D eigenvalue weighted by Gasteiger charge is 2.16. The van der Waals surface area contributed by atoms with Crippen molar-refractivity contribution in [2.45, 2.75) is 6.42 Å². The average molecular weight is 428 g/mol. The van der Waals surface area contributed by atoms with E-state index >= 15 is 0 Å². The lowest BCUT2D eigenvalue weighted by Crippen LogP contribution is -2.19. The summed E-state index contributed by atoms with van der Waals surface area (Å²) < 4.78 is 17.8. The van der Waals surface area contributed by atoms with Crippen LogP contribution in [0, 0.1) is 5.82 Å². The molecule has 0 aliphatic heterocycles. The van der Waals surface area contributed by atoms with Crippen molar-refractivity contribution >= 4 is 29.3 Å². The first kappa shape index (κ1) is 22.5. The van der Waals surface area contributed by atoms with Crippen molar-refractivity contribution in [1.82, 2.24) is 0 Å². The Morgan fingerprint density at radius 1 is 0.844 bits per heavy atom. The monoisotopic (exact) mass is 428 g/mol. The second-order valence-corrected chi connectivity index (χ2v) is 6.75. The molecule has 0 fully saturated rings. The van der Waals surface area contributed by atoms with E-state index in [0.29, 0.717) is 11.3 Å². The SMILES string of the molecule is COC(=O)C(CC(=O)C=Cc1ccc(F)cc1)=NN=C(c1ccccc1)c1ccccc1. The summed E-state index contributed by atoms with van der Waals surface area (Å²) in [4.78, 5) is 24.6. The minimum atomic E-state index is -0.738. The summed E-state index contributed by atoms with van der Waals surface area (Å²) >= 11 is 0. The summed E-state index contributed by atoms with van der Waals surface area (Å²) in [7, 11) is 1.22. The number of ether oxygens (including phenoxy) is 1. The minimum Gasteiger partial charge on any atom is -0.464 e. The Morgan fingerprint density at radius 3 is 1.94 bits per heavy atom. The van der Waals surface area contributed by atoms with Crippen LogP contribution in [0.15, 0.2) is 101 Å². The predicted octanol–water partition coefficient (Wildman–Crippen LogP) is 4.86. The lowest BCUT2D eigenvalue weighted by molar-refractivity contribution is -0.133. The van der Waals surface area contributed by atoms with Crippen LogP contribution in [-0.2, 0) is 14.3 Å². The van der Waals surface area contributed by atoms with Gasteiger partial charge in [0.15, 0.2) is 11.5 Å². The summed E-state index contributed by atoms with van der Waals surface area (Å²) in [5.41, 5.74) is 2.72. The largest absolute Gasteiger partial charge is 0.464 e. The lowest BCUT2D eigenvalue weighted by Gasteiger charge is -2.06. The van der Waals surface area contributed by atoms with Crippen LogP contribution in [0.2, 0.25) is 0 Å². The lowest BCUT2D eigenvalue weighted by atomic mass is 10.0. The number of halogens is 1. The third-order valence-corrected chi connectivity index (χ3v) is 4.46. The Morgan fingerprint density at radius 2 is 1.41 bits per heavy atom. The summed E-state index contributed by atoms with van der Waals surface area (Å²) in [6.07, 6.45) is 2.56. The number of benzene rings is 3. The number of carbonyl (C=O) groups is 2. The highest BCUT2D eigenvalue weighted by molar-refractivity contribution is 6.40. The van der Waals surface area contributed by atoms with Crippen LogP contribution in [0.5, 0.6) is 0 Å². The molecule has 0 saturated heterocycles. The van der Waals surface area contributed by atoms with E-state index in [4.69, 9.17) is 4.74 Å². The van der Waals surface area contributed by atoms with Gasteiger partial charge in [0.05, 0.1) is 13.5 Å². The van der Waals surface area contributed by atoms with Gasteiger partial charge in [0.25, 0.3) is 0 Å². The molecule has 0 radical (unpaired) electrons. The molecule has 0 unspecified atom stereocenters. The van der Waals surface area contributed by atoms with Crippen LogP contribution >= 0.6 is 0 Å². The molecule has 0 spiro atoms. The van der Waals surface area contributed by atoms with Gasteiger partial charge in [0.2, 0.25) is 0 Å². The molecule has 0 aliphatic carbocycles. The third kappa shape index (κ3) is 6.40. The second-order valence-electron chi connectivity index (χ2n) is 6.75. The van der Waals surface area contributed by atoms with E-state index in [1.165, 1.54) is 25.3 Å². The van der Waals surface area contributed by atoms with Gasteiger partial charge in [-0.2, -0.15) is 0 Å². The van der Waals surface area contributed by atoms with Crippen molar-refractivity contribution in [2.75, 3.05) is 7.11 Å². The predicted molar refractivity (Wildman–Crippen MR) is 123 cm³/mol. The van der Waals surface area contributed by atoms with Crippen LogP contribution < -0.4 is 0 Å². The van der Waals surface area contributed by atoms with Crippen LogP contribution in [0.3, 0.4) is 0 Å². The van der Waals surface area contributed by atoms with Gasteiger partial charge < -0.3 is 4.74 Å². The number of allylic oxidation sites excluding steroid dienone is 1. The summed E-state index contributed by atoms with van der Waals surface area (Å²) in [6.45, 7) is 0. The van der Waals surface area contributed by atoms with E-state index in [0.717, 1.165) is 11.1 Å². The Kier molecular flexibility index (Phi) is 7.92. The molecule has 0 aliphatic rings. The fraction of sp³-hybridized carbons (Fsp3) is 0.0769. The summed E-state index contributed by atoms with van der Waals surface area (Å²) in [5.74, 6) is -1.47. The maximum absolute atomic E-state index is 13.0. The van der Waals surface area contributed by atoms with Crippen molar-refractivity contribution in [3.63, 3.8) is 0 Å². The number of esters is 1. The van der Waals surface area contributed by atoms with Crippen molar-refractivity contribution in [2.24, 2.45) is 10.2 Å². The maximum Gasteiger partial charge on any atom is 0.354 e. The number of hydrogen-bond donors (Lipinski definition) is 0. The van der Waals surface area contributed by atoms with E-state index in [9.17, 15) is 14.0 Å². The van der Waals surface area contributed by atoms with Crippen molar-refractivity contribution in [3.05, 3.63) is 114 Å². The van der Waals surface area contributed by atoms with Crippen LogP contribution in [0.4, 0.5) is 4.39 Å². The first-order valence-corrected chi connectivity index (χ1v) is 9.87. The molecule has 0 bridgehead atoms. The molecule has 0 aromatic heterocycles. The van der Waals surface area contributed by atoms with Gasteiger partial charge in [-0.05, 0) is 23.8 Å². The van der Waals surface area contributed by atoms with Crippen LogP contribution in [-0.4, -0.2) is 30.3 Å². The summed E-state index contributed by atoms with van der Waals surface area (Å²) in [5, 5.41) is 8.38. The molecule has 0 amide bonds. The van der Waals surface area contributed by atoms with Crippen LogP contribution in [0.25, 0.3) is 6.08 Å². The second kappa shape index (κ2) is 11.3. The molecule has 3 rings (SSSR count). The molecule has 3 aromatic carbocycles. The third-order valence-electron chi connectivity index (χ3n) is 4.46. The number of rotatable bonds is 8. The zero-order valence-electron chi connectivity index (χ0n) is 17.4. The van der Waals surface area contributed by atoms with Gasteiger partial charge in [-0.1, -0.05) is 78.9 Å². The topological polar surface area (TPSA) is 68.1 Å². The maximum atomic E-state index is 13.0. The molecule has 5 nitrogen and oxygen atoms in total. The van der Waals surface area contributed by atoms with Crippen molar-refractivity contribution < 1.29 is 18.7 Å². The zero-order chi connectivity index (χ0) is 22.8. The molecule has 160 valence electrons. The molecule has 6 heteroatoms. The molecular weight excluding hydrogens is 407 g/mol. The number of hydrogen-bond acceptors (Lipinski definition) is 5. The fourth-order valence-electron chi connectivity index (χ4n) is 2.84. The Hall–Kier alpha value is -4.19. The average Bonchev–Trinajstić information content (AvgIpc) is 2.84. The highest BCUT2D eigenvalue weighted by Crippen LogP contribution is 2.12. The minimum absolute atomic E-state index is 0.120. The number of nitrogens with zero attached hydrogens (tertiary/aromatic N) is 2. The van der Waals surface area contributed by atoms with Crippen molar-refractivity contribution in [1.29, 1.82) is 0 Å². The fourth-order valence-corrected chi connectivity index (χ4v) is 2.84. The molecule has 0 saturated carbocycles. The van der Waals surface area contributed by atoms with E-state index in [2.05, 4.69) is 10.2 Å². The van der Waals surface area contributed by atoms with E-state index in [1.54, 1.807) is 18.2 Å². The van der Waals surface area contributed by atoms with Gasteiger partial charge in [0.1, 0.15) is 11.5 Å². The molecule has 3 aromatic rings. The number of carbonyl (C=O) groups excluding carboxylic acids is 2. The van der Waals surface area contributed by atoms with E-state index in [1.807, 2.05) is 60.7 Å². The molecular formula is C26H21FN2O3. The Balaban J connectivity index is 1.88.